The number of hydrogen-bond acceptors (Lipinski definition) is 13. The minimum absolute atomic E-state index is 0.0220. The number of cyclic esters (lactones) is 1. The molecule has 3 fully saturated rings. The van der Waals surface area contributed by atoms with Crippen molar-refractivity contribution in [3.05, 3.63) is 47.6 Å². The second kappa shape index (κ2) is 25.1. The van der Waals surface area contributed by atoms with Crippen LogP contribution in [0, 0.1) is 35.5 Å². The molecule has 4 rings (SSSR count). The number of ketones is 3. The summed E-state index contributed by atoms with van der Waals surface area (Å²) in [5, 5.41) is 33.9. The van der Waals surface area contributed by atoms with Crippen LogP contribution in [0.5, 0.6) is 0 Å². The first kappa shape index (κ1) is 54.2. The van der Waals surface area contributed by atoms with Crippen molar-refractivity contribution < 1.29 is 63.0 Å². The molecule has 0 radical (unpaired) electrons. The van der Waals surface area contributed by atoms with Gasteiger partial charge in [0.2, 0.25) is 5.79 Å². The number of hydrogen-bond donors (Lipinski definition) is 3. The number of methoxy groups -OCH3 is 3. The highest BCUT2D eigenvalue weighted by Gasteiger charge is 2.53. The maximum absolute atomic E-state index is 14.4. The van der Waals surface area contributed by atoms with Gasteiger partial charge in [-0.2, -0.15) is 0 Å². The lowest BCUT2D eigenvalue weighted by Gasteiger charge is -2.42. The molecule has 1 amide bonds. The van der Waals surface area contributed by atoms with Crippen LogP contribution in [-0.2, 0) is 47.7 Å². The van der Waals surface area contributed by atoms with E-state index in [-0.39, 0.29) is 54.8 Å². The lowest BCUT2D eigenvalue weighted by atomic mass is 9.78. The number of ether oxygens (including phenoxy) is 5. The van der Waals surface area contributed by atoms with Crippen LogP contribution in [0.15, 0.2) is 47.6 Å². The van der Waals surface area contributed by atoms with Gasteiger partial charge >= 0.3 is 5.97 Å². The summed E-state index contributed by atoms with van der Waals surface area (Å²) in [6.07, 6.45) is 11.2. The molecule has 14 nitrogen and oxygen atoms in total. The Morgan fingerprint density at radius 1 is 0.862 bits per heavy atom. The lowest BCUT2D eigenvalue weighted by molar-refractivity contribution is -0.265. The van der Waals surface area contributed by atoms with Crippen LogP contribution in [0.25, 0.3) is 0 Å². The molecule has 65 heavy (non-hydrogen) atoms. The monoisotopic (exact) mass is 914 g/mol. The molecule has 14 heteroatoms. The van der Waals surface area contributed by atoms with E-state index in [0.717, 1.165) is 12.0 Å². The number of aliphatic hydroxyl groups excluding tert-OH is 2. The molecule has 3 N–H and O–H groups in total. The van der Waals surface area contributed by atoms with Crippen LogP contribution in [0.2, 0.25) is 0 Å². The van der Waals surface area contributed by atoms with Gasteiger partial charge < -0.3 is 43.9 Å². The number of Topliss-reactive ketones (excluding diaryl/α,β-unsaturated/α-hetero) is 3. The van der Waals surface area contributed by atoms with E-state index in [1.165, 1.54) is 12.0 Å². The highest BCUT2D eigenvalue weighted by atomic mass is 16.6. The van der Waals surface area contributed by atoms with Crippen LogP contribution in [0.4, 0.5) is 0 Å². The summed E-state index contributed by atoms with van der Waals surface area (Å²) in [5.74, 6) is -7.93. The van der Waals surface area contributed by atoms with Gasteiger partial charge in [0.15, 0.2) is 11.6 Å². The Bertz CT molecular complexity index is 1760. The van der Waals surface area contributed by atoms with Gasteiger partial charge in [0.25, 0.3) is 11.7 Å². The minimum atomic E-state index is -2.43. The molecule has 0 spiro atoms. The van der Waals surface area contributed by atoms with Crippen molar-refractivity contribution in [1.29, 1.82) is 0 Å². The van der Waals surface area contributed by atoms with E-state index in [9.17, 15) is 39.3 Å². The van der Waals surface area contributed by atoms with Gasteiger partial charge in [-0.05, 0) is 107 Å². The topological polar surface area (TPSA) is 195 Å². The zero-order chi connectivity index (χ0) is 48.2. The average Bonchev–Trinajstić information content (AvgIpc) is 3.28. The molecule has 366 valence electrons. The van der Waals surface area contributed by atoms with Crippen LogP contribution in [0.1, 0.15) is 126 Å². The number of aliphatic hydroxyl groups is 3. The smallest absolute Gasteiger partial charge is 0.329 e. The van der Waals surface area contributed by atoms with Gasteiger partial charge in [0.05, 0.1) is 30.5 Å². The number of fused-ring (bicyclic) bond motifs is 3. The van der Waals surface area contributed by atoms with Gasteiger partial charge in [-0.3, -0.25) is 19.2 Å². The third-order valence-corrected chi connectivity index (χ3v) is 14.5. The molecular formula is C51H79NO13. The zero-order valence-corrected chi connectivity index (χ0v) is 40.6. The van der Waals surface area contributed by atoms with Crippen LogP contribution < -0.4 is 0 Å². The average molecular weight is 914 g/mol. The predicted octanol–water partition coefficient (Wildman–Crippen LogP) is 6.18. The summed E-state index contributed by atoms with van der Waals surface area (Å²) < 4.78 is 29.4. The maximum Gasteiger partial charge on any atom is 0.329 e. The van der Waals surface area contributed by atoms with Gasteiger partial charge in [0.1, 0.15) is 18.2 Å². The second-order valence-electron chi connectivity index (χ2n) is 19.6. The zero-order valence-electron chi connectivity index (χ0n) is 40.6. The summed E-state index contributed by atoms with van der Waals surface area (Å²) in [4.78, 5) is 71.7. The Balaban J connectivity index is 1.70. The summed E-state index contributed by atoms with van der Waals surface area (Å²) in [6.45, 7) is 12.7. The molecule has 2 saturated heterocycles. The number of rotatable bonds is 6. The number of carbonyl (C=O) groups excluding carboxylic acids is 5. The van der Waals surface area contributed by atoms with Crippen molar-refractivity contribution in [3.8, 4) is 0 Å². The van der Waals surface area contributed by atoms with Crippen molar-refractivity contribution in [2.45, 2.75) is 180 Å². The van der Waals surface area contributed by atoms with Crippen LogP contribution >= 0.6 is 0 Å². The van der Waals surface area contributed by atoms with E-state index in [1.54, 1.807) is 41.1 Å². The van der Waals surface area contributed by atoms with E-state index < -0.39 is 83.9 Å². The Kier molecular flexibility index (Phi) is 21.0. The first-order chi connectivity index (χ1) is 30.7. The van der Waals surface area contributed by atoms with Crippen molar-refractivity contribution in [3.63, 3.8) is 0 Å². The summed E-state index contributed by atoms with van der Waals surface area (Å²) in [7, 11) is 4.53. The second-order valence-corrected chi connectivity index (χ2v) is 19.6. The Labute approximate surface area is 387 Å². The number of nitrogens with zero attached hydrogens (tertiary/aromatic N) is 1. The molecular weight excluding hydrogens is 835 g/mol. The van der Waals surface area contributed by atoms with E-state index in [2.05, 4.69) is 0 Å². The van der Waals surface area contributed by atoms with Gasteiger partial charge in [-0.15, -0.1) is 0 Å². The fourth-order valence-electron chi connectivity index (χ4n) is 10.1. The summed E-state index contributed by atoms with van der Waals surface area (Å²) in [6, 6.07) is -1.14. The molecule has 0 aromatic carbocycles. The minimum Gasteiger partial charge on any atom is -0.460 e. The summed E-state index contributed by atoms with van der Waals surface area (Å²) in [5.41, 5.74) is 1.19. The third kappa shape index (κ3) is 14.3. The normalized spacial score (nSPS) is 37.8. The Hall–Kier alpha value is -3.37. The Morgan fingerprint density at radius 3 is 2.26 bits per heavy atom. The molecule has 15 atom stereocenters. The van der Waals surface area contributed by atoms with Crippen molar-refractivity contribution in [2.24, 2.45) is 35.5 Å². The fraction of sp³-hybridized carbons (Fsp3) is 0.745. The molecule has 3 heterocycles. The van der Waals surface area contributed by atoms with Crippen molar-refractivity contribution >= 4 is 29.2 Å². The molecule has 4 aliphatic rings. The molecule has 4 unspecified atom stereocenters. The molecule has 2 bridgehead atoms. The van der Waals surface area contributed by atoms with Crippen LogP contribution in [-0.4, -0.2) is 132 Å². The van der Waals surface area contributed by atoms with E-state index in [1.807, 2.05) is 58.1 Å². The van der Waals surface area contributed by atoms with E-state index >= 15 is 0 Å². The molecule has 0 aromatic rings. The first-order valence-electron chi connectivity index (χ1n) is 23.9. The van der Waals surface area contributed by atoms with Gasteiger partial charge in [-0.1, -0.05) is 71.1 Å². The lowest BCUT2D eigenvalue weighted by Crippen LogP contribution is -2.61. The number of amides is 1. The maximum atomic E-state index is 14.4. The van der Waals surface area contributed by atoms with Crippen LogP contribution in [0.3, 0.4) is 0 Å². The number of allylic oxidation sites excluding steroid dienone is 6. The van der Waals surface area contributed by atoms with Gasteiger partial charge in [-0.25, -0.2) is 4.79 Å². The van der Waals surface area contributed by atoms with Crippen molar-refractivity contribution in [2.75, 3.05) is 27.9 Å². The highest BCUT2D eigenvalue weighted by Crippen LogP contribution is 2.38. The summed E-state index contributed by atoms with van der Waals surface area (Å²) >= 11 is 0. The van der Waals surface area contributed by atoms with Gasteiger partial charge in [0, 0.05) is 58.5 Å². The quantitative estimate of drug-likeness (QED) is 0.202. The molecule has 0 aromatic heterocycles. The van der Waals surface area contributed by atoms with E-state index in [0.29, 0.717) is 63.4 Å². The Morgan fingerprint density at radius 2 is 1.58 bits per heavy atom. The molecule has 1 aliphatic carbocycles. The van der Waals surface area contributed by atoms with E-state index in [4.69, 9.17) is 23.7 Å². The standard InChI is InChI=1S/C51H79NO13/c1-30-16-12-11-13-17-31(2)42(61-8)28-38-21-19-36(7)51(60,65-38)48(57)49(58)52-23-15-14-18-39(52)50(59)64-43(33(4)26-37-20-22-40(53)44(27-37)62-9)29-41(54)32(3)25-35(6)46(56)47(63-10)45(55)34(5)24-30/h11-13,16-17,25,30,33-40,42-44,46-47,53,56,60H,14-15,18-24,26-29H2,1-10H3/t30-,33-,34-,35?,36-,37+,38?,39?,40?,42+,43+,44-,46-,47+,51-/m1/s1. The first-order valence-corrected chi connectivity index (χ1v) is 23.9. The third-order valence-electron chi connectivity index (χ3n) is 14.5. The number of carbonyl (C=O) groups is 5. The highest BCUT2D eigenvalue weighted by molar-refractivity contribution is 6.39. The number of piperidine rings is 1. The van der Waals surface area contributed by atoms with Crippen molar-refractivity contribution in [1.82, 2.24) is 4.90 Å². The SMILES string of the molecule is CO[C@H]1CC2CC[C@@H](C)[C@@](O)(O2)C(=O)C(=O)N2CCCCC2C(=O)O[C@H]([C@H](C)C[C@@H]2CCC(O)[C@H](OC)C2)CC(=O)C(C)=CC(C)[C@@H](O)[C@@H](OC)C(=O)[C@H](C)C[C@H](C)C=CC=CC=C1C. The largest absolute Gasteiger partial charge is 0.460 e. The fourth-order valence-corrected chi connectivity index (χ4v) is 10.1. The molecule has 3 aliphatic heterocycles. The number of esters is 1. The predicted molar refractivity (Wildman–Crippen MR) is 245 cm³/mol. The molecule has 1 saturated carbocycles.